The van der Waals surface area contributed by atoms with Gasteiger partial charge in [-0.3, -0.25) is 9.36 Å². The predicted molar refractivity (Wildman–Crippen MR) is 82.6 cm³/mol. The van der Waals surface area contributed by atoms with Crippen molar-refractivity contribution in [1.82, 2.24) is 20.1 Å². The summed E-state index contributed by atoms with van der Waals surface area (Å²) in [5.41, 5.74) is -0.849. The molecule has 7 nitrogen and oxygen atoms in total. The number of aromatic nitrogens is 3. The minimum absolute atomic E-state index is 0.172. The van der Waals surface area contributed by atoms with Gasteiger partial charge in [0, 0.05) is 12.3 Å². The van der Waals surface area contributed by atoms with E-state index in [9.17, 15) is 9.59 Å². The van der Waals surface area contributed by atoms with Gasteiger partial charge < -0.3 is 10.1 Å². The summed E-state index contributed by atoms with van der Waals surface area (Å²) in [4.78, 5) is 23.3. The quantitative estimate of drug-likeness (QED) is 0.401. The lowest BCUT2D eigenvalue weighted by molar-refractivity contribution is -0.148. The number of hydrogen-bond acceptors (Lipinski definition) is 6. The second-order valence-corrected chi connectivity index (χ2v) is 6.05. The molecule has 1 heterocycles. The number of esters is 1. The summed E-state index contributed by atoms with van der Waals surface area (Å²) in [5, 5.41) is 10.2. The monoisotopic (exact) mass is 316 g/mol. The van der Waals surface area contributed by atoms with Crippen LogP contribution in [0.3, 0.4) is 0 Å². The highest BCUT2D eigenvalue weighted by molar-refractivity contribution is 7.99. The van der Waals surface area contributed by atoms with E-state index in [0.29, 0.717) is 18.1 Å². The number of rotatable bonds is 9. The molecule has 0 bridgehead atoms. The Kier molecular flexibility index (Phi) is 6.97. The highest BCUT2D eigenvalue weighted by atomic mass is 32.2. The van der Waals surface area contributed by atoms with Gasteiger partial charge in [0.05, 0.1) is 7.11 Å². The number of nitrogens with zero attached hydrogens (tertiary/aromatic N) is 2. The van der Waals surface area contributed by atoms with Gasteiger partial charge in [-0.05, 0) is 33.2 Å². The minimum atomic E-state index is -0.677. The number of thioether (sulfide) groups is 1. The third kappa shape index (κ3) is 4.60. The smallest absolute Gasteiger partial charge is 0.343 e. The SMILES string of the molecule is CCCn1c(SCCCC(C)(NC)C(=O)OC)n[nH]c1=O. The van der Waals surface area contributed by atoms with Crippen molar-refractivity contribution in [3.05, 3.63) is 10.5 Å². The van der Waals surface area contributed by atoms with Crippen molar-refractivity contribution >= 4 is 17.7 Å². The Morgan fingerprint density at radius 3 is 2.86 bits per heavy atom. The molecule has 0 saturated carbocycles. The molecule has 0 fully saturated rings. The van der Waals surface area contributed by atoms with E-state index in [1.165, 1.54) is 18.9 Å². The first-order valence-electron chi connectivity index (χ1n) is 7.03. The molecular formula is C13H24N4O3S. The summed E-state index contributed by atoms with van der Waals surface area (Å²) in [5.74, 6) is 0.514. The van der Waals surface area contributed by atoms with Gasteiger partial charge in [-0.15, -0.1) is 5.10 Å². The third-order valence-corrected chi connectivity index (χ3v) is 4.47. The zero-order valence-corrected chi connectivity index (χ0v) is 13.9. The molecule has 1 aromatic heterocycles. The lowest BCUT2D eigenvalue weighted by atomic mass is 9.97. The summed E-state index contributed by atoms with van der Waals surface area (Å²) in [7, 11) is 3.14. The summed E-state index contributed by atoms with van der Waals surface area (Å²) in [6.45, 7) is 4.50. The Labute approximate surface area is 128 Å². The molecular weight excluding hydrogens is 292 g/mol. The topological polar surface area (TPSA) is 89.0 Å². The van der Waals surface area contributed by atoms with Crippen molar-refractivity contribution in [2.24, 2.45) is 0 Å². The van der Waals surface area contributed by atoms with E-state index in [-0.39, 0.29) is 11.7 Å². The van der Waals surface area contributed by atoms with Crippen LogP contribution in [0, 0.1) is 0 Å². The molecule has 1 unspecified atom stereocenters. The number of nitrogens with one attached hydrogen (secondary N) is 2. The molecule has 0 amide bonds. The first-order valence-corrected chi connectivity index (χ1v) is 8.02. The van der Waals surface area contributed by atoms with E-state index in [2.05, 4.69) is 15.5 Å². The maximum atomic E-state index is 11.7. The van der Waals surface area contributed by atoms with Gasteiger partial charge in [-0.2, -0.15) is 0 Å². The first-order chi connectivity index (χ1) is 9.98. The normalized spacial score (nSPS) is 13.9. The molecule has 0 spiro atoms. The molecule has 8 heteroatoms. The van der Waals surface area contributed by atoms with E-state index in [1.807, 2.05) is 13.8 Å². The molecule has 21 heavy (non-hydrogen) atoms. The van der Waals surface area contributed by atoms with Crippen LogP contribution in [-0.4, -0.2) is 46.2 Å². The molecule has 2 N–H and O–H groups in total. The van der Waals surface area contributed by atoms with Crippen molar-refractivity contribution in [2.45, 2.75) is 50.4 Å². The molecule has 120 valence electrons. The van der Waals surface area contributed by atoms with Gasteiger partial charge in [-0.1, -0.05) is 18.7 Å². The van der Waals surface area contributed by atoms with Crippen LogP contribution in [0.1, 0.15) is 33.1 Å². The third-order valence-electron chi connectivity index (χ3n) is 3.41. The second kappa shape index (κ2) is 8.23. The molecule has 0 aliphatic rings. The van der Waals surface area contributed by atoms with Gasteiger partial charge >= 0.3 is 11.7 Å². The van der Waals surface area contributed by atoms with Crippen LogP contribution < -0.4 is 11.0 Å². The number of aromatic amines is 1. The van der Waals surface area contributed by atoms with Gasteiger partial charge in [0.15, 0.2) is 5.16 Å². The van der Waals surface area contributed by atoms with Crippen LogP contribution in [0.5, 0.6) is 0 Å². The Balaban J connectivity index is 2.51. The molecule has 0 radical (unpaired) electrons. The van der Waals surface area contributed by atoms with E-state index >= 15 is 0 Å². The van der Waals surface area contributed by atoms with Crippen molar-refractivity contribution in [2.75, 3.05) is 19.9 Å². The zero-order valence-electron chi connectivity index (χ0n) is 13.1. The number of carbonyl (C=O) groups excluding carboxylic acids is 1. The Hall–Kier alpha value is -1.28. The Bertz CT molecular complexity index is 514. The van der Waals surface area contributed by atoms with Crippen molar-refractivity contribution in [3.8, 4) is 0 Å². The van der Waals surface area contributed by atoms with Crippen LogP contribution >= 0.6 is 11.8 Å². The molecule has 1 aromatic rings. The van der Waals surface area contributed by atoms with E-state index < -0.39 is 5.54 Å². The Morgan fingerprint density at radius 2 is 2.29 bits per heavy atom. The van der Waals surface area contributed by atoms with Gasteiger partial charge in [-0.25, -0.2) is 9.89 Å². The summed E-state index contributed by atoms with van der Waals surface area (Å²) in [6, 6.07) is 0. The summed E-state index contributed by atoms with van der Waals surface area (Å²) in [6.07, 6.45) is 2.35. The molecule has 1 rings (SSSR count). The Morgan fingerprint density at radius 1 is 1.57 bits per heavy atom. The van der Waals surface area contributed by atoms with Crippen molar-refractivity contribution < 1.29 is 9.53 Å². The van der Waals surface area contributed by atoms with Crippen molar-refractivity contribution in [1.29, 1.82) is 0 Å². The minimum Gasteiger partial charge on any atom is -0.468 e. The van der Waals surface area contributed by atoms with Crippen LogP contribution in [0.15, 0.2) is 9.95 Å². The number of H-pyrrole nitrogens is 1. The molecule has 0 saturated heterocycles. The van der Waals surface area contributed by atoms with Crippen LogP contribution in [-0.2, 0) is 16.1 Å². The number of methoxy groups -OCH3 is 1. The van der Waals surface area contributed by atoms with Gasteiger partial charge in [0.25, 0.3) is 0 Å². The molecule has 0 aliphatic heterocycles. The zero-order chi connectivity index (χ0) is 15.9. The largest absolute Gasteiger partial charge is 0.468 e. The predicted octanol–water partition coefficient (Wildman–Crippen LogP) is 1.00. The van der Waals surface area contributed by atoms with Crippen LogP contribution in [0.25, 0.3) is 0 Å². The van der Waals surface area contributed by atoms with Crippen LogP contribution in [0.2, 0.25) is 0 Å². The average molecular weight is 316 g/mol. The lowest BCUT2D eigenvalue weighted by Crippen LogP contribution is -2.48. The number of likely N-dealkylation sites (N-methyl/N-ethyl adjacent to an activating group) is 1. The fraction of sp³-hybridized carbons (Fsp3) is 0.769. The first kappa shape index (κ1) is 17.8. The molecule has 0 aromatic carbocycles. The maximum Gasteiger partial charge on any atom is 0.343 e. The fourth-order valence-corrected chi connectivity index (χ4v) is 2.89. The second-order valence-electron chi connectivity index (χ2n) is 4.99. The summed E-state index contributed by atoms with van der Waals surface area (Å²) >= 11 is 1.52. The summed E-state index contributed by atoms with van der Waals surface area (Å²) < 4.78 is 6.45. The number of carbonyl (C=O) groups is 1. The van der Waals surface area contributed by atoms with Gasteiger partial charge in [0.2, 0.25) is 0 Å². The van der Waals surface area contributed by atoms with E-state index in [0.717, 1.165) is 18.6 Å². The van der Waals surface area contributed by atoms with E-state index in [1.54, 1.807) is 11.6 Å². The highest BCUT2D eigenvalue weighted by Gasteiger charge is 2.31. The number of ether oxygens (including phenoxy) is 1. The van der Waals surface area contributed by atoms with E-state index in [4.69, 9.17) is 4.74 Å². The number of hydrogen-bond donors (Lipinski definition) is 2. The highest BCUT2D eigenvalue weighted by Crippen LogP contribution is 2.20. The lowest BCUT2D eigenvalue weighted by Gasteiger charge is -2.25. The standard InChI is InChI=1S/C13H24N4O3S/c1-5-8-17-11(19)15-16-12(17)21-9-6-7-13(2,14-3)10(18)20-4/h14H,5-9H2,1-4H3,(H,15,19). The average Bonchev–Trinajstić information content (AvgIpc) is 2.84. The molecule has 1 atom stereocenters. The van der Waals surface area contributed by atoms with Crippen molar-refractivity contribution in [3.63, 3.8) is 0 Å². The van der Waals surface area contributed by atoms with Crippen LogP contribution in [0.4, 0.5) is 0 Å². The fourth-order valence-electron chi connectivity index (χ4n) is 1.98. The molecule has 0 aliphatic carbocycles. The maximum absolute atomic E-state index is 11.7. The van der Waals surface area contributed by atoms with Gasteiger partial charge in [0.1, 0.15) is 5.54 Å².